The Labute approximate surface area is 116 Å². The van der Waals surface area contributed by atoms with Gasteiger partial charge < -0.3 is 9.47 Å². The number of carbonyl (C=O) groups is 1. The predicted molar refractivity (Wildman–Crippen MR) is 76.7 cm³/mol. The Bertz CT molecular complexity index is 290. The molecule has 19 heavy (non-hydrogen) atoms. The van der Waals surface area contributed by atoms with E-state index in [0.717, 1.165) is 19.5 Å². The molecule has 0 saturated heterocycles. The van der Waals surface area contributed by atoms with Crippen molar-refractivity contribution in [3.63, 3.8) is 0 Å². The first kappa shape index (κ1) is 17.8. The largest absolute Gasteiger partial charge is 0.450 e. The summed E-state index contributed by atoms with van der Waals surface area (Å²) in [5.41, 5.74) is 0. The van der Waals surface area contributed by atoms with E-state index >= 15 is 0 Å². The molecule has 0 atom stereocenters. The van der Waals surface area contributed by atoms with E-state index in [4.69, 9.17) is 9.47 Å². The summed E-state index contributed by atoms with van der Waals surface area (Å²) in [5.74, 6) is -0.251. The SMILES string of the molecule is COCN(C)C/C=C/C/C=C/CN(C)COC(C)=O. The number of rotatable bonds is 10. The number of esters is 1. The second-order valence-electron chi connectivity index (χ2n) is 4.44. The summed E-state index contributed by atoms with van der Waals surface area (Å²) in [6.45, 7) is 4.03. The molecule has 5 heteroatoms. The molecule has 0 fully saturated rings. The van der Waals surface area contributed by atoms with Gasteiger partial charge in [-0.2, -0.15) is 0 Å². The van der Waals surface area contributed by atoms with Crippen LogP contribution in [-0.2, 0) is 14.3 Å². The Morgan fingerprint density at radius 1 is 1.00 bits per heavy atom. The highest BCUT2D eigenvalue weighted by molar-refractivity contribution is 5.65. The average Bonchev–Trinajstić information content (AvgIpc) is 2.35. The van der Waals surface area contributed by atoms with Gasteiger partial charge in [0.1, 0.15) is 6.73 Å². The highest BCUT2D eigenvalue weighted by Gasteiger charge is 1.96. The van der Waals surface area contributed by atoms with Crippen LogP contribution in [0.15, 0.2) is 24.3 Å². The molecule has 5 nitrogen and oxygen atoms in total. The molecule has 0 aliphatic heterocycles. The van der Waals surface area contributed by atoms with Gasteiger partial charge in [-0.05, 0) is 20.5 Å². The highest BCUT2D eigenvalue weighted by atomic mass is 16.5. The van der Waals surface area contributed by atoms with E-state index in [9.17, 15) is 4.79 Å². The molecule has 0 spiro atoms. The third-order valence-electron chi connectivity index (χ3n) is 2.28. The van der Waals surface area contributed by atoms with E-state index in [-0.39, 0.29) is 5.97 Å². The number of hydrogen-bond donors (Lipinski definition) is 0. The molecule has 110 valence electrons. The van der Waals surface area contributed by atoms with Gasteiger partial charge in [-0.25, -0.2) is 0 Å². The first-order valence-corrected chi connectivity index (χ1v) is 6.35. The van der Waals surface area contributed by atoms with Gasteiger partial charge in [-0.1, -0.05) is 24.3 Å². The summed E-state index contributed by atoms with van der Waals surface area (Å²) >= 11 is 0. The monoisotopic (exact) mass is 270 g/mol. The van der Waals surface area contributed by atoms with E-state index in [1.54, 1.807) is 7.11 Å². The lowest BCUT2D eigenvalue weighted by molar-refractivity contribution is -0.144. The molecule has 0 saturated carbocycles. The zero-order valence-corrected chi connectivity index (χ0v) is 12.5. The van der Waals surface area contributed by atoms with Crippen LogP contribution in [0.25, 0.3) is 0 Å². The van der Waals surface area contributed by atoms with Crippen molar-refractivity contribution in [2.45, 2.75) is 13.3 Å². The van der Waals surface area contributed by atoms with Crippen LogP contribution in [0.5, 0.6) is 0 Å². The maximum atomic E-state index is 10.6. The van der Waals surface area contributed by atoms with E-state index in [1.165, 1.54) is 6.92 Å². The van der Waals surface area contributed by atoms with Gasteiger partial charge >= 0.3 is 5.97 Å². The smallest absolute Gasteiger partial charge is 0.303 e. The molecule has 0 radical (unpaired) electrons. The van der Waals surface area contributed by atoms with Crippen LogP contribution in [0.1, 0.15) is 13.3 Å². The maximum Gasteiger partial charge on any atom is 0.303 e. The van der Waals surface area contributed by atoms with Gasteiger partial charge in [-0.15, -0.1) is 0 Å². The fraction of sp³-hybridized carbons (Fsp3) is 0.643. The topological polar surface area (TPSA) is 42.0 Å². The van der Waals surface area contributed by atoms with Gasteiger partial charge in [0.2, 0.25) is 0 Å². The minimum absolute atomic E-state index is 0.251. The summed E-state index contributed by atoms with van der Waals surface area (Å²) in [7, 11) is 5.60. The van der Waals surface area contributed by atoms with E-state index < -0.39 is 0 Å². The second-order valence-corrected chi connectivity index (χ2v) is 4.44. The molecule has 0 heterocycles. The van der Waals surface area contributed by atoms with Crippen molar-refractivity contribution in [3.05, 3.63) is 24.3 Å². The summed E-state index contributed by atoms with van der Waals surface area (Å²) in [5, 5.41) is 0. The molecule has 0 amide bonds. The van der Waals surface area contributed by atoms with Crippen molar-refractivity contribution in [2.24, 2.45) is 0 Å². The van der Waals surface area contributed by atoms with Crippen molar-refractivity contribution in [3.8, 4) is 0 Å². The van der Waals surface area contributed by atoms with Crippen molar-refractivity contribution in [1.29, 1.82) is 0 Å². The van der Waals surface area contributed by atoms with Gasteiger partial charge in [0, 0.05) is 27.1 Å². The molecular formula is C14H26N2O3. The number of hydrogen-bond acceptors (Lipinski definition) is 5. The minimum Gasteiger partial charge on any atom is -0.450 e. The second kappa shape index (κ2) is 11.9. The molecule has 0 bridgehead atoms. The fourth-order valence-corrected chi connectivity index (χ4v) is 1.31. The standard InChI is InChI=1S/C14H26N2O3/c1-14(17)19-13-16(3)11-9-7-5-6-8-10-15(2)12-18-4/h6-9H,5,10-13H2,1-4H3/b8-6+,9-7+. The quantitative estimate of drug-likeness (QED) is 0.342. The van der Waals surface area contributed by atoms with Crippen LogP contribution in [0.3, 0.4) is 0 Å². The molecular weight excluding hydrogens is 244 g/mol. The number of allylic oxidation sites excluding steroid dienone is 2. The lowest BCUT2D eigenvalue weighted by Gasteiger charge is -2.13. The van der Waals surface area contributed by atoms with Gasteiger partial charge in [0.15, 0.2) is 0 Å². The number of ether oxygens (including phenoxy) is 2. The van der Waals surface area contributed by atoms with Crippen molar-refractivity contribution in [2.75, 3.05) is 47.8 Å². The Kier molecular flexibility index (Phi) is 11.2. The summed E-state index contributed by atoms with van der Waals surface area (Å²) in [6, 6.07) is 0. The van der Waals surface area contributed by atoms with Crippen molar-refractivity contribution in [1.82, 2.24) is 9.80 Å². The van der Waals surface area contributed by atoms with Gasteiger partial charge in [0.05, 0.1) is 6.73 Å². The normalized spacial score (nSPS) is 12.1. The van der Waals surface area contributed by atoms with Crippen LogP contribution in [0, 0.1) is 0 Å². The third-order valence-corrected chi connectivity index (χ3v) is 2.28. The summed E-state index contributed by atoms with van der Waals surface area (Å²) in [4.78, 5) is 14.6. The Morgan fingerprint density at radius 3 is 2.00 bits per heavy atom. The molecule has 0 aromatic rings. The maximum absolute atomic E-state index is 10.6. The molecule has 0 aromatic carbocycles. The number of nitrogens with zero attached hydrogens (tertiary/aromatic N) is 2. The first-order chi connectivity index (χ1) is 9.06. The van der Waals surface area contributed by atoms with Crippen molar-refractivity contribution >= 4 is 5.97 Å². The Hall–Kier alpha value is -1.17. The molecule has 0 rings (SSSR count). The van der Waals surface area contributed by atoms with Crippen LogP contribution in [0.2, 0.25) is 0 Å². The fourth-order valence-electron chi connectivity index (χ4n) is 1.31. The summed E-state index contributed by atoms with van der Waals surface area (Å²) < 4.78 is 9.87. The summed E-state index contributed by atoms with van der Waals surface area (Å²) in [6.07, 6.45) is 9.30. The predicted octanol–water partition coefficient (Wildman–Crippen LogP) is 1.48. The zero-order valence-electron chi connectivity index (χ0n) is 12.5. The van der Waals surface area contributed by atoms with E-state index in [0.29, 0.717) is 13.5 Å². The molecule has 0 unspecified atom stereocenters. The van der Waals surface area contributed by atoms with Crippen LogP contribution in [0.4, 0.5) is 0 Å². The lowest BCUT2D eigenvalue weighted by Crippen LogP contribution is -2.23. The molecule has 0 aliphatic rings. The van der Waals surface area contributed by atoms with Crippen molar-refractivity contribution < 1.29 is 14.3 Å². The molecule has 0 N–H and O–H groups in total. The third kappa shape index (κ3) is 13.1. The van der Waals surface area contributed by atoms with Crippen LogP contribution >= 0.6 is 0 Å². The first-order valence-electron chi connectivity index (χ1n) is 6.35. The van der Waals surface area contributed by atoms with Gasteiger partial charge in [-0.3, -0.25) is 14.6 Å². The van der Waals surface area contributed by atoms with Crippen LogP contribution < -0.4 is 0 Å². The highest BCUT2D eigenvalue weighted by Crippen LogP contribution is 1.91. The number of likely N-dealkylation sites (N-methyl/N-ethyl adjacent to an activating group) is 2. The van der Waals surface area contributed by atoms with E-state index in [2.05, 4.69) is 29.2 Å². The van der Waals surface area contributed by atoms with E-state index in [1.807, 2.05) is 19.0 Å². The molecule has 0 aromatic heterocycles. The number of carbonyl (C=O) groups excluding carboxylic acids is 1. The number of methoxy groups -OCH3 is 1. The molecule has 0 aliphatic carbocycles. The van der Waals surface area contributed by atoms with Gasteiger partial charge in [0.25, 0.3) is 0 Å². The zero-order chi connectivity index (χ0) is 14.5. The Balaban J connectivity index is 3.57. The minimum atomic E-state index is -0.251. The average molecular weight is 270 g/mol. The lowest BCUT2D eigenvalue weighted by atomic mass is 10.3. The van der Waals surface area contributed by atoms with Crippen LogP contribution in [-0.4, -0.2) is 63.5 Å². The Morgan fingerprint density at radius 2 is 1.53 bits per heavy atom.